The highest BCUT2D eigenvalue weighted by Gasteiger charge is 2.35. The molecule has 1 heterocycles. The largest absolute Gasteiger partial charge is 0.480 e. The lowest BCUT2D eigenvalue weighted by atomic mass is 9.98. The van der Waals surface area contributed by atoms with Crippen molar-refractivity contribution in [2.24, 2.45) is 0 Å². The van der Waals surface area contributed by atoms with Gasteiger partial charge in [0.1, 0.15) is 12.6 Å². The van der Waals surface area contributed by atoms with Crippen molar-refractivity contribution >= 4 is 29.7 Å². The van der Waals surface area contributed by atoms with E-state index < -0.39 is 24.1 Å². The zero-order chi connectivity index (χ0) is 22.0. The summed E-state index contributed by atoms with van der Waals surface area (Å²) >= 11 is 1.41. The average Bonchev–Trinajstić information content (AvgIpc) is 3.36. The van der Waals surface area contributed by atoms with Crippen LogP contribution in [0.4, 0.5) is 4.79 Å². The van der Waals surface area contributed by atoms with Crippen molar-refractivity contribution in [2.45, 2.75) is 31.3 Å². The van der Waals surface area contributed by atoms with Gasteiger partial charge in [0.25, 0.3) is 0 Å². The Balaban J connectivity index is 1.32. The normalized spacial score (nSPS) is 18.2. The molecule has 1 saturated heterocycles. The van der Waals surface area contributed by atoms with E-state index in [0.29, 0.717) is 11.6 Å². The first-order valence-corrected chi connectivity index (χ1v) is 11.3. The molecule has 2 aromatic rings. The van der Waals surface area contributed by atoms with Gasteiger partial charge in [-0.3, -0.25) is 4.79 Å². The van der Waals surface area contributed by atoms with Gasteiger partial charge in [0, 0.05) is 24.1 Å². The van der Waals surface area contributed by atoms with E-state index >= 15 is 0 Å². The number of benzene rings is 2. The number of aliphatic carboxylic acids is 1. The van der Waals surface area contributed by atoms with Crippen LogP contribution in [-0.2, 0) is 14.3 Å². The van der Waals surface area contributed by atoms with Crippen molar-refractivity contribution in [3.8, 4) is 11.1 Å². The number of hydrogen-bond donors (Lipinski definition) is 2. The lowest BCUT2D eigenvalue weighted by molar-refractivity contribution is -0.147. The molecule has 7 nitrogen and oxygen atoms in total. The molecule has 1 fully saturated rings. The van der Waals surface area contributed by atoms with Crippen molar-refractivity contribution in [3.05, 3.63) is 59.7 Å². The fraction of sp³-hybridized carbons (Fsp3) is 0.348. The third-order valence-corrected chi connectivity index (χ3v) is 6.69. The van der Waals surface area contributed by atoms with Crippen molar-refractivity contribution < 1.29 is 24.2 Å². The minimum atomic E-state index is -1.00. The Morgan fingerprint density at radius 3 is 2.35 bits per heavy atom. The number of ether oxygens (including phenoxy) is 1. The van der Waals surface area contributed by atoms with E-state index in [9.17, 15) is 19.5 Å². The first-order valence-electron chi connectivity index (χ1n) is 10.2. The van der Waals surface area contributed by atoms with E-state index in [1.54, 1.807) is 6.92 Å². The molecule has 162 valence electrons. The van der Waals surface area contributed by atoms with Gasteiger partial charge in [-0.1, -0.05) is 48.5 Å². The third-order valence-electron chi connectivity index (χ3n) is 5.68. The SMILES string of the molecule is CC(CC(=O)N1CSC[C@H]1C(=O)O)NC(=O)OCC1c2ccccc2-c2ccccc21. The number of nitrogens with one attached hydrogen (secondary N) is 1. The van der Waals surface area contributed by atoms with Crippen LogP contribution in [0.3, 0.4) is 0 Å². The van der Waals surface area contributed by atoms with Gasteiger partial charge in [0.05, 0.1) is 5.88 Å². The summed E-state index contributed by atoms with van der Waals surface area (Å²) in [4.78, 5) is 37.4. The number of rotatable bonds is 6. The first kappa shape index (κ1) is 21.2. The van der Waals surface area contributed by atoms with Crippen LogP contribution < -0.4 is 5.32 Å². The van der Waals surface area contributed by atoms with Crippen LogP contribution in [0.25, 0.3) is 11.1 Å². The van der Waals surface area contributed by atoms with Gasteiger partial charge in [-0.15, -0.1) is 11.8 Å². The highest BCUT2D eigenvalue weighted by molar-refractivity contribution is 7.99. The van der Waals surface area contributed by atoms with Crippen LogP contribution >= 0.6 is 11.8 Å². The number of amides is 2. The molecule has 0 saturated carbocycles. The van der Waals surface area contributed by atoms with Crippen LogP contribution in [0.5, 0.6) is 0 Å². The molecule has 2 aliphatic rings. The van der Waals surface area contributed by atoms with E-state index in [4.69, 9.17) is 4.74 Å². The number of carbonyl (C=O) groups is 3. The predicted octanol–water partition coefficient (Wildman–Crippen LogP) is 3.29. The smallest absolute Gasteiger partial charge is 0.407 e. The summed E-state index contributed by atoms with van der Waals surface area (Å²) in [6, 6.07) is 14.9. The highest BCUT2D eigenvalue weighted by Crippen LogP contribution is 2.44. The maximum atomic E-state index is 12.5. The third kappa shape index (κ3) is 4.39. The molecule has 4 rings (SSSR count). The first-order chi connectivity index (χ1) is 15.0. The molecule has 2 N–H and O–H groups in total. The lowest BCUT2D eigenvalue weighted by Gasteiger charge is -2.23. The molecule has 2 amide bonds. The zero-order valence-corrected chi connectivity index (χ0v) is 17.9. The molecule has 0 bridgehead atoms. The van der Waals surface area contributed by atoms with Crippen LogP contribution in [0, 0.1) is 0 Å². The fourth-order valence-electron chi connectivity index (χ4n) is 4.16. The van der Waals surface area contributed by atoms with Crippen LogP contribution in [0.1, 0.15) is 30.4 Å². The molecule has 1 aliphatic heterocycles. The Hall–Kier alpha value is -3.00. The van der Waals surface area contributed by atoms with E-state index in [1.165, 1.54) is 16.7 Å². The number of alkyl carbamates (subject to hydrolysis) is 1. The Labute approximate surface area is 184 Å². The predicted molar refractivity (Wildman–Crippen MR) is 118 cm³/mol. The van der Waals surface area contributed by atoms with Gasteiger partial charge in [-0.2, -0.15) is 0 Å². The Kier molecular flexibility index (Phi) is 6.18. The van der Waals surface area contributed by atoms with Crippen molar-refractivity contribution in [2.75, 3.05) is 18.2 Å². The van der Waals surface area contributed by atoms with E-state index in [-0.39, 0.29) is 24.9 Å². The summed E-state index contributed by atoms with van der Waals surface area (Å²) in [6.07, 6.45) is -0.568. The molecule has 1 aliphatic carbocycles. The molecule has 2 aromatic carbocycles. The number of nitrogens with zero attached hydrogens (tertiary/aromatic N) is 1. The molecule has 0 radical (unpaired) electrons. The van der Waals surface area contributed by atoms with E-state index in [1.807, 2.05) is 24.3 Å². The van der Waals surface area contributed by atoms with Gasteiger partial charge in [0.2, 0.25) is 5.91 Å². The topological polar surface area (TPSA) is 95.9 Å². The summed E-state index contributed by atoms with van der Waals surface area (Å²) in [5.74, 6) is -0.588. The van der Waals surface area contributed by atoms with Crippen molar-refractivity contribution in [1.82, 2.24) is 10.2 Å². The van der Waals surface area contributed by atoms with Gasteiger partial charge in [-0.25, -0.2) is 9.59 Å². The van der Waals surface area contributed by atoms with Gasteiger partial charge >= 0.3 is 12.1 Å². The molecule has 8 heteroatoms. The number of carbonyl (C=O) groups excluding carboxylic acids is 2. The van der Waals surface area contributed by atoms with Crippen LogP contribution in [0.2, 0.25) is 0 Å². The van der Waals surface area contributed by atoms with Gasteiger partial charge < -0.3 is 20.1 Å². The number of fused-ring (bicyclic) bond motifs is 3. The Morgan fingerprint density at radius 2 is 1.74 bits per heavy atom. The highest BCUT2D eigenvalue weighted by atomic mass is 32.2. The van der Waals surface area contributed by atoms with Crippen molar-refractivity contribution in [3.63, 3.8) is 0 Å². The average molecular weight is 441 g/mol. The summed E-state index contributed by atoms with van der Waals surface area (Å²) in [6.45, 7) is 1.91. The quantitative estimate of drug-likeness (QED) is 0.716. The van der Waals surface area contributed by atoms with Crippen LogP contribution in [-0.4, -0.2) is 58.3 Å². The molecule has 2 atom stereocenters. The second-order valence-corrected chi connectivity index (χ2v) is 8.79. The van der Waals surface area contributed by atoms with Crippen molar-refractivity contribution in [1.29, 1.82) is 0 Å². The molecule has 31 heavy (non-hydrogen) atoms. The minimum Gasteiger partial charge on any atom is -0.480 e. The summed E-state index contributed by atoms with van der Waals surface area (Å²) in [7, 11) is 0. The lowest BCUT2D eigenvalue weighted by Crippen LogP contribution is -2.44. The van der Waals surface area contributed by atoms with Gasteiger partial charge in [-0.05, 0) is 29.2 Å². The zero-order valence-electron chi connectivity index (χ0n) is 17.1. The number of carboxylic acid groups (broad SMARTS) is 1. The van der Waals surface area contributed by atoms with E-state index in [2.05, 4.69) is 29.6 Å². The maximum absolute atomic E-state index is 12.5. The molecular weight excluding hydrogens is 416 g/mol. The molecule has 0 spiro atoms. The molecule has 0 aromatic heterocycles. The second-order valence-electron chi connectivity index (χ2n) is 7.79. The number of thioether (sulfide) groups is 1. The summed E-state index contributed by atoms with van der Waals surface area (Å²) < 4.78 is 5.50. The van der Waals surface area contributed by atoms with Crippen LogP contribution in [0.15, 0.2) is 48.5 Å². The minimum absolute atomic E-state index is 0.0224. The Morgan fingerprint density at radius 1 is 1.13 bits per heavy atom. The number of hydrogen-bond acceptors (Lipinski definition) is 5. The monoisotopic (exact) mass is 440 g/mol. The maximum Gasteiger partial charge on any atom is 0.407 e. The Bertz CT molecular complexity index is 965. The summed E-state index contributed by atoms with van der Waals surface area (Å²) in [5, 5.41) is 11.9. The van der Waals surface area contributed by atoms with Gasteiger partial charge in [0.15, 0.2) is 0 Å². The standard InChI is InChI=1S/C23H24N2O5S/c1-14(10-21(26)25-13-31-12-20(25)22(27)28)24-23(29)30-11-19-17-8-4-2-6-15(17)16-7-3-5-9-18(16)19/h2-9,14,19-20H,10-13H2,1H3,(H,24,29)(H,27,28)/t14?,20-/m0/s1. The summed E-state index contributed by atoms with van der Waals surface area (Å²) in [5.41, 5.74) is 4.57. The molecular formula is C23H24N2O5S. The number of carboxylic acids is 1. The second kappa shape index (κ2) is 9.01. The van der Waals surface area contributed by atoms with E-state index in [0.717, 1.165) is 22.3 Å². The fourth-order valence-corrected chi connectivity index (χ4v) is 5.34. The molecule has 1 unspecified atom stereocenters.